The molecular formula is C17H17BrFN5O2. The van der Waals surface area contributed by atoms with E-state index in [-0.39, 0.29) is 23.8 Å². The minimum Gasteiger partial charge on any atom is -0.354 e. The average molecular weight is 422 g/mol. The van der Waals surface area contributed by atoms with E-state index in [4.69, 9.17) is 0 Å². The zero-order valence-electron chi connectivity index (χ0n) is 13.9. The van der Waals surface area contributed by atoms with Crippen LogP contribution in [0.3, 0.4) is 0 Å². The maximum atomic E-state index is 13.3. The highest BCUT2D eigenvalue weighted by Crippen LogP contribution is 2.08. The van der Waals surface area contributed by atoms with Crippen LogP contribution in [0.5, 0.6) is 0 Å². The first-order valence-electron chi connectivity index (χ1n) is 8.06. The molecular weight excluding hydrogens is 405 g/mol. The topological polar surface area (TPSA) is 81.8 Å². The lowest BCUT2D eigenvalue weighted by atomic mass is 10.2. The van der Waals surface area contributed by atoms with E-state index in [9.17, 15) is 14.0 Å². The van der Waals surface area contributed by atoms with Crippen LogP contribution in [0.25, 0.3) is 11.0 Å². The minimum absolute atomic E-state index is 0.0521. The predicted molar refractivity (Wildman–Crippen MR) is 98.7 cm³/mol. The molecule has 0 radical (unpaired) electrons. The molecule has 26 heavy (non-hydrogen) atoms. The summed E-state index contributed by atoms with van der Waals surface area (Å²) in [6.07, 6.45) is 3.30. The third kappa shape index (κ3) is 4.16. The van der Waals surface area contributed by atoms with Crippen molar-refractivity contribution in [2.75, 3.05) is 11.9 Å². The Hall–Kier alpha value is -2.55. The lowest BCUT2D eigenvalue weighted by molar-refractivity contribution is -0.120. The number of nitrogens with one attached hydrogen (secondary N) is 1. The van der Waals surface area contributed by atoms with Gasteiger partial charge in [0.2, 0.25) is 5.91 Å². The fourth-order valence-corrected chi connectivity index (χ4v) is 2.94. The first-order valence-corrected chi connectivity index (χ1v) is 9.18. The molecule has 1 amide bonds. The Bertz CT molecular complexity index is 985. The van der Waals surface area contributed by atoms with Crippen LogP contribution in [-0.2, 0) is 17.9 Å². The van der Waals surface area contributed by atoms with Crippen molar-refractivity contribution in [3.05, 3.63) is 58.5 Å². The summed E-state index contributed by atoms with van der Waals surface area (Å²) in [5, 5.41) is 7.95. The SMILES string of the molecule is O=C(CCBr)NCCn1ncc2c(=O)n(Cc3cccc(F)c3)cnc21. The van der Waals surface area contributed by atoms with Crippen molar-refractivity contribution in [1.82, 2.24) is 24.6 Å². The van der Waals surface area contributed by atoms with Gasteiger partial charge < -0.3 is 5.32 Å². The van der Waals surface area contributed by atoms with E-state index in [0.717, 1.165) is 0 Å². The fourth-order valence-electron chi connectivity index (χ4n) is 2.58. The van der Waals surface area contributed by atoms with Crippen LogP contribution in [0.4, 0.5) is 4.39 Å². The predicted octanol–water partition coefficient (Wildman–Crippen LogP) is 1.68. The number of hydrogen-bond acceptors (Lipinski definition) is 4. The standard InChI is InChI=1S/C17H17BrFN5O2/c18-5-4-15(25)20-6-7-24-16-14(9-22-24)17(26)23(11-21-16)10-12-2-1-3-13(19)8-12/h1-3,8-9,11H,4-7,10H2,(H,20,25). The number of halogens is 2. The van der Waals surface area contributed by atoms with Gasteiger partial charge in [0, 0.05) is 18.3 Å². The second-order valence-corrected chi connectivity index (χ2v) is 6.49. The minimum atomic E-state index is -0.348. The normalized spacial score (nSPS) is 11.0. The molecule has 136 valence electrons. The van der Waals surface area contributed by atoms with Crippen LogP contribution >= 0.6 is 15.9 Å². The number of benzene rings is 1. The summed E-state index contributed by atoms with van der Waals surface area (Å²) in [6.45, 7) is 1.04. The van der Waals surface area contributed by atoms with Gasteiger partial charge in [-0.15, -0.1) is 0 Å². The largest absolute Gasteiger partial charge is 0.354 e. The first kappa shape index (κ1) is 18.2. The third-order valence-electron chi connectivity index (χ3n) is 3.83. The van der Waals surface area contributed by atoms with Gasteiger partial charge >= 0.3 is 0 Å². The van der Waals surface area contributed by atoms with E-state index in [1.54, 1.807) is 16.8 Å². The number of fused-ring (bicyclic) bond motifs is 1. The number of hydrogen-bond donors (Lipinski definition) is 1. The summed E-state index contributed by atoms with van der Waals surface area (Å²) in [4.78, 5) is 28.4. The molecule has 0 spiro atoms. The van der Waals surface area contributed by atoms with E-state index in [1.165, 1.54) is 29.2 Å². The molecule has 0 aliphatic rings. The van der Waals surface area contributed by atoms with Crippen molar-refractivity contribution in [2.45, 2.75) is 19.5 Å². The lowest BCUT2D eigenvalue weighted by Crippen LogP contribution is -2.27. The zero-order valence-corrected chi connectivity index (χ0v) is 15.4. The van der Waals surface area contributed by atoms with E-state index in [0.29, 0.717) is 41.4 Å². The van der Waals surface area contributed by atoms with Crippen LogP contribution in [-0.4, -0.2) is 37.1 Å². The lowest BCUT2D eigenvalue weighted by Gasteiger charge is -2.07. The summed E-state index contributed by atoms with van der Waals surface area (Å²) < 4.78 is 16.3. The van der Waals surface area contributed by atoms with Crippen LogP contribution in [0.15, 0.2) is 41.6 Å². The summed E-state index contributed by atoms with van der Waals surface area (Å²) in [5.41, 5.74) is 0.893. The van der Waals surface area contributed by atoms with Crippen molar-refractivity contribution in [2.24, 2.45) is 0 Å². The molecule has 1 N–H and O–H groups in total. The molecule has 9 heteroatoms. The van der Waals surface area contributed by atoms with Gasteiger partial charge in [-0.25, -0.2) is 14.1 Å². The Morgan fingerprint density at radius 2 is 2.19 bits per heavy atom. The van der Waals surface area contributed by atoms with E-state index < -0.39 is 0 Å². The van der Waals surface area contributed by atoms with Gasteiger partial charge in [0.15, 0.2) is 5.65 Å². The monoisotopic (exact) mass is 421 g/mol. The zero-order chi connectivity index (χ0) is 18.5. The van der Waals surface area contributed by atoms with Crippen molar-refractivity contribution >= 4 is 32.9 Å². The van der Waals surface area contributed by atoms with Gasteiger partial charge in [0.1, 0.15) is 17.5 Å². The molecule has 3 aromatic rings. The number of carbonyl (C=O) groups is 1. The van der Waals surface area contributed by atoms with Crippen molar-refractivity contribution in [1.29, 1.82) is 0 Å². The van der Waals surface area contributed by atoms with Gasteiger partial charge in [-0.3, -0.25) is 14.2 Å². The second kappa shape index (κ2) is 8.22. The Morgan fingerprint density at radius 3 is 2.96 bits per heavy atom. The molecule has 0 atom stereocenters. The van der Waals surface area contributed by atoms with Crippen LogP contribution in [0.2, 0.25) is 0 Å². The molecule has 1 aromatic carbocycles. The van der Waals surface area contributed by atoms with Crippen LogP contribution < -0.4 is 10.9 Å². The molecule has 0 bridgehead atoms. The Labute approximate surface area is 157 Å². The molecule has 0 aliphatic heterocycles. The molecule has 0 fully saturated rings. The fraction of sp³-hybridized carbons (Fsp3) is 0.294. The van der Waals surface area contributed by atoms with Gasteiger partial charge in [0.25, 0.3) is 5.56 Å². The number of carbonyl (C=O) groups excluding carboxylic acids is 1. The third-order valence-corrected chi connectivity index (χ3v) is 4.23. The Kier molecular flexibility index (Phi) is 5.77. The number of alkyl halides is 1. The quantitative estimate of drug-likeness (QED) is 0.588. The van der Waals surface area contributed by atoms with Gasteiger partial charge in [-0.1, -0.05) is 28.1 Å². The summed E-state index contributed by atoms with van der Waals surface area (Å²) >= 11 is 3.21. The maximum Gasteiger partial charge on any atom is 0.264 e. The van der Waals surface area contributed by atoms with Crippen molar-refractivity contribution in [3.63, 3.8) is 0 Å². The van der Waals surface area contributed by atoms with E-state index >= 15 is 0 Å². The Morgan fingerprint density at radius 1 is 1.35 bits per heavy atom. The molecule has 3 rings (SSSR count). The molecule has 2 aromatic heterocycles. The first-order chi connectivity index (χ1) is 12.6. The number of rotatable bonds is 7. The highest BCUT2D eigenvalue weighted by molar-refractivity contribution is 9.09. The number of aromatic nitrogens is 4. The van der Waals surface area contributed by atoms with Gasteiger partial charge in [0.05, 0.1) is 19.3 Å². The Balaban J connectivity index is 1.76. The van der Waals surface area contributed by atoms with Crippen LogP contribution in [0, 0.1) is 5.82 Å². The number of nitrogens with zero attached hydrogens (tertiary/aromatic N) is 4. The molecule has 0 unspecified atom stereocenters. The highest BCUT2D eigenvalue weighted by Gasteiger charge is 2.11. The molecule has 7 nitrogen and oxygen atoms in total. The highest BCUT2D eigenvalue weighted by atomic mass is 79.9. The van der Waals surface area contributed by atoms with E-state index in [2.05, 4.69) is 31.3 Å². The average Bonchev–Trinajstić information content (AvgIpc) is 3.02. The van der Waals surface area contributed by atoms with Gasteiger partial charge in [-0.2, -0.15) is 5.10 Å². The van der Waals surface area contributed by atoms with Crippen molar-refractivity contribution in [3.8, 4) is 0 Å². The maximum absolute atomic E-state index is 13.3. The van der Waals surface area contributed by atoms with Gasteiger partial charge in [-0.05, 0) is 17.7 Å². The second-order valence-electron chi connectivity index (χ2n) is 5.70. The molecule has 0 aliphatic carbocycles. The number of amides is 1. The van der Waals surface area contributed by atoms with E-state index in [1.807, 2.05) is 0 Å². The molecule has 2 heterocycles. The van der Waals surface area contributed by atoms with Crippen LogP contribution in [0.1, 0.15) is 12.0 Å². The molecule has 0 saturated heterocycles. The summed E-state index contributed by atoms with van der Waals surface area (Å²) in [6, 6.07) is 6.09. The summed E-state index contributed by atoms with van der Waals surface area (Å²) in [7, 11) is 0. The smallest absolute Gasteiger partial charge is 0.264 e. The molecule has 0 saturated carbocycles. The van der Waals surface area contributed by atoms with Crippen molar-refractivity contribution < 1.29 is 9.18 Å². The summed E-state index contributed by atoms with van der Waals surface area (Å²) in [5.74, 6) is -0.400.